The van der Waals surface area contributed by atoms with E-state index in [4.69, 9.17) is 28.4 Å². The number of nitrogens with zero attached hydrogens (tertiary/aromatic N) is 1. The molecule has 3 saturated heterocycles. The van der Waals surface area contributed by atoms with Crippen molar-refractivity contribution in [2.45, 2.75) is 151 Å². The van der Waals surface area contributed by atoms with Crippen LogP contribution in [-0.4, -0.2) is 153 Å². The fourth-order valence-electron chi connectivity index (χ4n) is 7.39. The van der Waals surface area contributed by atoms with Gasteiger partial charge in [0.25, 0.3) is 0 Å². The molecule has 3 heterocycles. The largest absolute Gasteiger partial charge is 1.00 e. The second-order valence-corrected chi connectivity index (χ2v) is 14.2. The van der Waals surface area contributed by atoms with E-state index in [1.807, 2.05) is 30.3 Å². The van der Waals surface area contributed by atoms with Gasteiger partial charge in [0.2, 0.25) is 0 Å². The van der Waals surface area contributed by atoms with Gasteiger partial charge in [-0.15, -0.1) is 0 Å². The van der Waals surface area contributed by atoms with Crippen molar-refractivity contribution in [3.05, 3.63) is 35.9 Å². The molecular formula is C36H54NNaO15. The van der Waals surface area contributed by atoms with E-state index in [0.29, 0.717) is 6.42 Å². The van der Waals surface area contributed by atoms with E-state index < -0.39 is 98.4 Å². The van der Waals surface area contributed by atoms with Crippen LogP contribution in [0.4, 0.5) is 0 Å². The first kappa shape index (κ1) is 44.4. The molecule has 4 aliphatic rings. The van der Waals surface area contributed by atoms with Gasteiger partial charge in [-0.25, -0.2) is 4.79 Å². The second-order valence-electron chi connectivity index (χ2n) is 14.2. The zero-order valence-corrected chi connectivity index (χ0v) is 32.4. The third kappa shape index (κ3) is 11.8. The molecule has 0 aromatic heterocycles. The standard InChI is InChI=1S/C36H55NO15.Na/c1-19-27(40)29(42)30(43)35(48-19)52-32-22(14-15-47-24(32)17-37-26(39)13-12-20-8-4-2-5-9-20)50-36-31(44)33(28(41)25(18-38)51-36)49-23(34(45)46)16-21-10-6-3-7-11-21;/h2,4-5,8-9,19,21-25,27-33,35-36,38,40-44H,3,6-7,10-18H2,1H3,(H,37,39)(H,45,46);/q;+1/p-1/t19-,22+,23-,24+,25+,27+,28-,29+,30-,31+,32-,33-,35-,36+;/m0./s1. The maximum Gasteiger partial charge on any atom is 1.00 e. The minimum atomic E-state index is -1.72. The molecule has 294 valence electrons. The number of carbonyl (C=O) groups is 1. The van der Waals surface area contributed by atoms with E-state index in [2.05, 4.69) is 4.99 Å². The first-order valence-electron chi connectivity index (χ1n) is 18.3. The Morgan fingerprint density at radius 2 is 1.58 bits per heavy atom. The average Bonchev–Trinajstić information content (AvgIpc) is 3.15. The first-order valence-corrected chi connectivity index (χ1v) is 18.3. The quantitative estimate of drug-likeness (QED) is 0.0511. The van der Waals surface area contributed by atoms with Gasteiger partial charge in [0, 0.05) is 6.61 Å². The molecule has 0 bridgehead atoms. The summed E-state index contributed by atoms with van der Waals surface area (Å²) in [5.74, 6) is -1.52. The molecular weight excluding hydrogens is 709 g/mol. The van der Waals surface area contributed by atoms with Gasteiger partial charge in [-0.3, -0.25) is 0 Å². The molecule has 1 aliphatic carbocycles. The summed E-state index contributed by atoms with van der Waals surface area (Å²) in [7, 11) is 0. The van der Waals surface area contributed by atoms with E-state index in [9.17, 15) is 45.6 Å². The summed E-state index contributed by atoms with van der Waals surface area (Å²) in [4.78, 5) is 16.5. The number of hydrogen-bond acceptors (Lipinski definition) is 15. The number of aliphatic carboxylic acids is 1. The van der Waals surface area contributed by atoms with E-state index in [1.54, 1.807) is 0 Å². The van der Waals surface area contributed by atoms with Crippen LogP contribution in [-0.2, 0) is 39.6 Å². The molecule has 7 N–H and O–H groups in total. The van der Waals surface area contributed by atoms with Crippen molar-refractivity contribution in [3.8, 4) is 0 Å². The zero-order valence-electron chi connectivity index (χ0n) is 30.4. The van der Waals surface area contributed by atoms with Gasteiger partial charge in [0.05, 0.1) is 25.4 Å². The van der Waals surface area contributed by atoms with Crippen molar-refractivity contribution in [2.75, 3.05) is 19.8 Å². The third-order valence-corrected chi connectivity index (χ3v) is 10.5. The van der Waals surface area contributed by atoms with Crippen LogP contribution >= 0.6 is 0 Å². The summed E-state index contributed by atoms with van der Waals surface area (Å²) in [6, 6.07) is 9.44. The fourth-order valence-corrected chi connectivity index (χ4v) is 7.39. The van der Waals surface area contributed by atoms with Crippen molar-refractivity contribution < 1.29 is 104 Å². The Morgan fingerprint density at radius 3 is 2.26 bits per heavy atom. The third-order valence-electron chi connectivity index (χ3n) is 10.5. The molecule has 0 spiro atoms. The Hall–Kier alpha value is -1.32. The van der Waals surface area contributed by atoms with E-state index in [-0.39, 0.29) is 73.8 Å². The Kier molecular flexibility index (Phi) is 17.8. The zero-order chi connectivity index (χ0) is 37.4. The minimum absolute atomic E-state index is 0. The van der Waals surface area contributed by atoms with Crippen LogP contribution in [0.3, 0.4) is 0 Å². The molecule has 4 fully saturated rings. The Balaban J connectivity index is 0.00000627. The molecule has 5 rings (SSSR count). The number of rotatable bonds is 15. The number of aliphatic hydroxyl groups excluding tert-OH is 6. The van der Waals surface area contributed by atoms with Crippen molar-refractivity contribution in [3.63, 3.8) is 0 Å². The van der Waals surface area contributed by atoms with Crippen molar-refractivity contribution in [1.29, 1.82) is 0 Å². The van der Waals surface area contributed by atoms with Gasteiger partial charge >= 0.3 is 35.5 Å². The Bertz CT molecular complexity index is 1270. The molecule has 17 heteroatoms. The summed E-state index contributed by atoms with van der Waals surface area (Å²) < 4.78 is 35.7. The smallest absolute Gasteiger partial charge is 0.862 e. The van der Waals surface area contributed by atoms with Crippen molar-refractivity contribution in [1.82, 2.24) is 0 Å². The van der Waals surface area contributed by atoms with Gasteiger partial charge in [0.15, 0.2) is 18.7 Å². The number of hydrogen-bond donors (Lipinski definition) is 7. The fraction of sp³-hybridized carbons (Fsp3) is 0.778. The summed E-state index contributed by atoms with van der Waals surface area (Å²) >= 11 is 0. The van der Waals surface area contributed by atoms with Gasteiger partial charge < -0.3 is 74.3 Å². The topological polar surface area (TPSA) is 249 Å². The Morgan fingerprint density at radius 1 is 0.887 bits per heavy atom. The molecule has 0 unspecified atom stereocenters. The van der Waals surface area contributed by atoms with Crippen LogP contribution in [0, 0.1) is 5.92 Å². The van der Waals surface area contributed by atoms with E-state index in [0.717, 1.165) is 37.7 Å². The number of carboxylic acids is 1. The van der Waals surface area contributed by atoms with Gasteiger partial charge in [0.1, 0.15) is 54.9 Å². The Labute approximate surface area is 331 Å². The number of aliphatic imine (C=N–C) groups is 1. The monoisotopic (exact) mass is 763 g/mol. The van der Waals surface area contributed by atoms with Crippen molar-refractivity contribution >= 4 is 11.9 Å². The number of benzene rings is 1. The number of aryl methyl sites for hydroxylation is 1. The molecule has 14 atom stereocenters. The van der Waals surface area contributed by atoms with Crippen LogP contribution in [0.25, 0.3) is 0 Å². The molecule has 16 nitrogen and oxygen atoms in total. The first-order chi connectivity index (χ1) is 25.0. The minimum Gasteiger partial charge on any atom is -0.862 e. The van der Waals surface area contributed by atoms with Crippen LogP contribution in [0.1, 0.15) is 63.9 Å². The second kappa shape index (κ2) is 21.3. The number of carboxylic acid groups (broad SMARTS) is 1. The predicted octanol–water partition coefficient (Wildman–Crippen LogP) is -3.98. The average molecular weight is 764 g/mol. The molecule has 0 radical (unpaired) electrons. The van der Waals surface area contributed by atoms with Crippen molar-refractivity contribution in [2.24, 2.45) is 10.9 Å². The summed E-state index contributed by atoms with van der Waals surface area (Å²) in [6.45, 7) is 0.701. The molecule has 1 aromatic rings. The van der Waals surface area contributed by atoms with Gasteiger partial charge in [-0.05, 0) is 50.0 Å². The predicted molar refractivity (Wildman–Crippen MR) is 179 cm³/mol. The molecule has 0 amide bonds. The van der Waals surface area contributed by atoms with E-state index in [1.165, 1.54) is 6.92 Å². The summed E-state index contributed by atoms with van der Waals surface area (Å²) in [5, 5.41) is 86.8. The van der Waals surface area contributed by atoms with Crippen LogP contribution in [0.2, 0.25) is 0 Å². The molecule has 1 saturated carbocycles. The molecule has 1 aromatic carbocycles. The van der Waals surface area contributed by atoms with Gasteiger partial charge in [-0.2, -0.15) is 0 Å². The number of ether oxygens (including phenoxy) is 6. The van der Waals surface area contributed by atoms with Crippen LogP contribution in [0.15, 0.2) is 35.3 Å². The SMILES string of the molecule is C[C@@H]1O[C@@H](O[C@@H]2[C@@H](CN=C([O-])CCc3ccccc3)OCC[C@H]2O[C@@H]2O[C@H](CO)[C@H](O)[C@H](O[C@@H](CC3CCCCC3)C(=O)O)[C@H]2O)[C@@H](O)[C@H](O)[C@@H]1O.[Na+]. The normalized spacial score (nSPS) is 37.8. The number of aliphatic hydroxyl groups is 6. The van der Waals surface area contributed by atoms with Gasteiger partial charge in [-0.1, -0.05) is 62.4 Å². The molecule has 3 aliphatic heterocycles. The van der Waals surface area contributed by atoms with E-state index >= 15 is 0 Å². The molecule has 53 heavy (non-hydrogen) atoms. The van der Waals surface area contributed by atoms with Crippen LogP contribution < -0.4 is 34.7 Å². The van der Waals surface area contributed by atoms with Crippen LogP contribution in [0.5, 0.6) is 0 Å². The maximum absolute atomic E-state index is 12.8. The summed E-state index contributed by atoms with van der Waals surface area (Å²) in [5.41, 5.74) is 0.969. The summed E-state index contributed by atoms with van der Waals surface area (Å²) in [6.07, 6.45) is -13.5. The maximum atomic E-state index is 12.8.